The first kappa shape index (κ1) is 16.4. The number of ether oxygens (including phenoxy) is 1. The van der Waals surface area contributed by atoms with Crippen molar-refractivity contribution in [1.29, 1.82) is 0 Å². The van der Waals surface area contributed by atoms with Crippen LogP contribution in [0, 0.1) is 0 Å². The molecule has 1 N–H and O–H groups in total. The quantitative estimate of drug-likeness (QED) is 0.870. The topological polar surface area (TPSA) is 49.8 Å². The molecule has 6 heteroatoms. The highest BCUT2D eigenvalue weighted by atomic mass is 19.3. The zero-order chi connectivity index (χ0) is 16.1. The van der Waals surface area contributed by atoms with Crippen molar-refractivity contribution < 1.29 is 23.4 Å². The number of hydrogen-bond donors (Lipinski definition) is 1. The summed E-state index contributed by atoms with van der Waals surface area (Å²) in [6.45, 7) is -0.226. The molecule has 4 nitrogen and oxygen atoms in total. The molecular formula is C16H19F2NO3. The number of hydrogen-bond acceptors (Lipinski definition) is 3. The van der Waals surface area contributed by atoms with Crippen molar-refractivity contribution in [2.24, 2.45) is 0 Å². The number of rotatable bonds is 4. The van der Waals surface area contributed by atoms with Crippen LogP contribution in [0.25, 0.3) is 5.57 Å². The van der Waals surface area contributed by atoms with Crippen LogP contribution >= 0.6 is 0 Å². The molecule has 1 aromatic rings. The van der Waals surface area contributed by atoms with E-state index in [0.717, 1.165) is 0 Å². The lowest BCUT2D eigenvalue weighted by atomic mass is 10.0. The van der Waals surface area contributed by atoms with E-state index in [1.165, 1.54) is 12.1 Å². The highest BCUT2D eigenvalue weighted by molar-refractivity contribution is 5.95. The minimum Gasteiger partial charge on any atom is -0.434 e. The van der Waals surface area contributed by atoms with Crippen LogP contribution in [0.5, 0.6) is 5.75 Å². The Balaban J connectivity index is 2.13. The van der Waals surface area contributed by atoms with Crippen LogP contribution in [0.2, 0.25) is 0 Å². The summed E-state index contributed by atoms with van der Waals surface area (Å²) in [5, 5.41) is 9.45. The molecule has 22 heavy (non-hydrogen) atoms. The third-order valence-electron chi connectivity index (χ3n) is 3.64. The molecule has 1 fully saturated rings. The second kappa shape index (κ2) is 7.35. The standard InChI is InChI=1S/C16H19F2NO3/c1-11(10-15(21)19-8-6-12(20)7-9-19)13-4-2-3-5-14(13)22-16(17)18/h2-5,10,12,16,20H,6-9H2,1H3. The van der Waals surface area contributed by atoms with E-state index in [1.54, 1.807) is 30.0 Å². The van der Waals surface area contributed by atoms with Gasteiger partial charge in [0.2, 0.25) is 5.91 Å². The molecule has 0 spiro atoms. The maximum atomic E-state index is 12.4. The number of allylic oxidation sites excluding steroid dienone is 1. The average molecular weight is 311 g/mol. The summed E-state index contributed by atoms with van der Waals surface area (Å²) in [7, 11) is 0. The number of piperidine rings is 1. The summed E-state index contributed by atoms with van der Waals surface area (Å²) in [4.78, 5) is 13.8. The molecule has 1 heterocycles. The summed E-state index contributed by atoms with van der Waals surface area (Å²) in [5.74, 6) is -0.135. The molecule has 0 atom stereocenters. The molecule has 0 radical (unpaired) electrons. The number of benzene rings is 1. The number of aliphatic hydroxyl groups excluding tert-OH is 1. The van der Waals surface area contributed by atoms with Crippen molar-refractivity contribution in [2.75, 3.05) is 13.1 Å². The minimum absolute atomic E-state index is 0.0492. The summed E-state index contributed by atoms with van der Waals surface area (Å²) >= 11 is 0. The third-order valence-corrected chi connectivity index (χ3v) is 3.64. The minimum atomic E-state index is -2.91. The average Bonchev–Trinajstić information content (AvgIpc) is 2.47. The Morgan fingerprint density at radius 2 is 2.00 bits per heavy atom. The number of aliphatic hydroxyl groups is 1. The van der Waals surface area contributed by atoms with Crippen molar-refractivity contribution in [3.8, 4) is 5.75 Å². The van der Waals surface area contributed by atoms with Gasteiger partial charge in [-0.05, 0) is 31.4 Å². The lowest BCUT2D eigenvalue weighted by Gasteiger charge is -2.28. The van der Waals surface area contributed by atoms with Gasteiger partial charge in [-0.1, -0.05) is 18.2 Å². The largest absolute Gasteiger partial charge is 0.434 e. The van der Waals surface area contributed by atoms with E-state index < -0.39 is 6.61 Å². The molecule has 2 rings (SSSR count). The molecule has 0 saturated carbocycles. The van der Waals surface area contributed by atoms with Crippen molar-refractivity contribution in [2.45, 2.75) is 32.5 Å². The van der Waals surface area contributed by atoms with E-state index in [9.17, 15) is 18.7 Å². The Morgan fingerprint density at radius 3 is 2.64 bits per heavy atom. The summed E-state index contributed by atoms with van der Waals surface area (Å²) in [6.07, 6.45) is 2.19. The van der Waals surface area contributed by atoms with E-state index in [2.05, 4.69) is 4.74 Å². The number of para-hydroxylation sites is 1. The third kappa shape index (κ3) is 4.27. The van der Waals surface area contributed by atoms with E-state index in [-0.39, 0.29) is 17.8 Å². The molecular weight excluding hydrogens is 292 g/mol. The highest BCUT2D eigenvalue weighted by Gasteiger charge is 2.20. The molecule has 120 valence electrons. The molecule has 0 aliphatic carbocycles. The van der Waals surface area contributed by atoms with Gasteiger partial charge >= 0.3 is 6.61 Å². The van der Waals surface area contributed by atoms with Crippen LogP contribution in [-0.2, 0) is 4.79 Å². The molecule has 0 unspecified atom stereocenters. The van der Waals surface area contributed by atoms with Crippen LogP contribution in [0.3, 0.4) is 0 Å². The Kier molecular flexibility index (Phi) is 5.49. The van der Waals surface area contributed by atoms with Gasteiger partial charge in [-0.15, -0.1) is 0 Å². The first-order chi connectivity index (χ1) is 10.5. The molecule has 1 aromatic carbocycles. The number of nitrogens with zero attached hydrogens (tertiary/aromatic N) is 1. The molecule has 1 amide bonds. The van der Waals surface area contributed by atoms with Crippen molar-refractivity contribution in [3.63, 3.8) is 0 Å². The van der Waals surface area contributed by atoms with Crippen LogP contribution in [-0.4, -0.2) is 41.7 Å². The van der Waals surface area contributed by atoms with Gasteiger partial charge in [0.15, 0.2) is 0 Å². The molecule has 0 aromatic heterocycles. The maximum Gasteiger partial charge on any atom is 0.387 e. The van der Waals surface area contributed by atoms with E-state index in [0.29, 0.717) is 37.1 Å². The Hall–Kier alpha value is -1.95. The normalized spacial score (nSPS) is 17.0. The van der Waals surface area contributed by atoms with Gasteiger partial charge in [-0.25, -0.2) is 0 Å². The molecule has 0 bridgehead atoms. The summed E-state index contributed by atoms with van der Waals surface area (Å²) < 4.78 is 29.3. The molecule has 1 aliphatic heterocycles. The number of amides is 1. The van der Waals surface area contributed by atoms with Gasteiger partial charge in [0, 0.05) is 24.7 Å². The zero-order valence-corrected chi connectivity index (χ0v) is 12.3. The number of carbonyl (C=O) groups excluding carboxylic acids is 1. The first-order valence-electron chi connectivity index (χ1n) is 7.17. The van der Waals surface area contributed by atoms with Gasteiger partial charge in [0.1, 0.15) is 5.75 Å². The van der Waals surface area contributed by atoms with Crippen molar-refractivity contribution in [3.05, 3.63) is 35.9 Å². The smallest absolute Gasteiger partial charge is 0.387 e. The molecule has 1 aliphatic rings. The predicted molar refractivity (Wildman–Crippen MR) is 78.5 cm³/mol. The monoisotopic (exact) mass is 311 g/mol. The Labute approximate surface area is 128 Å². The fourth-order valence-electron chi connectivity index (χ4n) is 2.43. The maximum absolute atomic E-state index is 12.4. The Morgan fingerprint density at radius 1 is 1.36 bits per heavy atom. The van der Waals surface area contributed by atoms with Crippen LogP contribution < -0.4 is 4.74 Å². The zero-order valence-electron chi connectivity index (χ0n) is 12.3. The first-order valence-corrected chi connectivity index (χ1v) is 7.17. The summed E-state index contributed by atoms with van der Waals surface area (Å²) in [5.41, 5.74) is 1.03. The number of halogens is 2. The van der Waals surface area contributed by atoms with Crippen LogP contribution in [0.1, 0.15) is 25.3 Å². The predicted octanol–water partition coefficient (Wildman–Crippen LogP) is 2.67. The fourth-order valence-corrected chi connectivity index (χ4v) is 2.43. The lowest BCUT2D eigenvalue weighted by molar-refractivity contribution is -0.127. The Bertz CT molecular complexity index is 552. The number of alkyl halides is 2. The van der Waals surface area contributed by atoms with Crippen LogP contribution in [0.4, 0.5) is 8.78 Å². The number of likely N-dealkylation sites (tertiary alicyclic amines) is 1. The van der Waals surface area contributed by atoms with E-state index >= 15 is 0 Å². The SMILES string of the molecule is CC(=CC(=O)N1CCC(O)CC1)c1ccccc1OC(F)F. The fraction of sp³-hybridized carbons (Fsp3) is 0.438. The molecule has 1 saturated heterocycles. The van der Waals surface area contributed by atoms with E-state index in [4.69, 9.17) is 0 Å². The van der Waals surface area contributed by atoms with Gasteiger partial charge in [0.25, 0.3) is 0 Å². The van der Waals surface area contributed by atoms with Gasteiger partial charge in [-0.3, -0.25) is 4.79 Å². The highest BCUT2D eigenvalue weighted by Crippen LogP contribution is 2.27. The number of carbonyl (C=O) groups is 1. The second-order valence-corrected chi connectivity index (χ2v) is 5.26. The van der Waals surface area contributed by atoms with Gasteiger partial charge < -0.3 is 14.7 Å². The lowest BCUT2D eigenvalue weighted by Crippen LogP contribution is -2.39. The summed E-state index contributed by atoms with van der Waals surface area (Å²) in [6, 6.07) is 6.38. The van der Waals surface area contributed by atoms with E-state index in [1.807, 2.05) is 0 Å². The van der Waals surface area contributed by atoms with Gasteiger partial charge in [-0.2, -0.15) is 8.78 Å². The van der Waals surface area contributed by atoms with Gasteiger partial charge in [0.05, 0.1) is 6.10 Å². The second-order valence-electron chi connectivity index (χ2n) is 5.26. The van der Waals surface area contributed by atoms with Crippen LogP contribution in [0.15, 0.2) is 30.3 Å². The van der Waals surface area contributed by atoms with Crippen molar-refractivity contribution >= 4 is 11.5 Å². The van der Waals surface area contributed by atoms with Crippen molar-refractivity contribution in [1.82, 2.24) is 4.90 Å².